The van der Waals surface area contributed by atoms with Gasteiger partial charge in [-0.25, -0.2) is 4.79 Å². The molecule has 0 aromatic carbocycles. The Morgan fingerprint density at radius 1 is 1.17 bits per heavy atom. The molecule has 4 rings (SSSR count). The fourth-order valence-corrected chi connectivity index (χ4v) is 6.22. The van der Waals surface area contributed by atoms with Crippen molar-refractivity contribution in [3.8, 4) is 0 Å². The summed E-state index contributed by atoms with van der Waals surface area (Å²) in [5.74, 6) is 3.45. The Bertz CT molecular complexity index is 556. The summed E-state index contributed by atoms with van der Waals surface area (Å²) in [6.45, 7) is 6.92. The summed E-state index contributed by atoms with van der Waals surface area (Å²) in [4.78, 5) is 12.9. The Balaban J connectivity index is 1.57. The lowest BCUT2D eigenvalue weighted by Crippen LogP contribution is -2.54. The van der Waals surface area contributed by atoms with Gasteiger partial charge in [0, 0.05) is 11.5 Å². The van der Waals surface area contributed by atoms with E-state index in [4.69, 9.17) is 4.74 Å². The highest BCUT2D eigenvalue weighted by atomic mass is 16.6. The van der Waals surface area contributed by atoms with E-state index in [1.54, 1.807) is 0 Å². The first-order valence-electron chi connectivity index (χ1n) is 9.65. The van der Waals surface area contributed by atoms with E-state index in [0.717, 1.165) is 30.3 Å². The van der Waals surface area contributed by atoms with Gasteiger partial charge in [0.2, 0.25) is 0 Å². The average Bonchev–Trinajstić information content (AvgIpc) is 3.13. The first-order valence-corrected chi connectivity index (χ1v) is 9.65. The Labute approximate surface area is 140 Å². The van der Waals surface area contributed by atoms with Gasteiger partial charge in [0.15, 0.2) is 0 Å². The molecule has 2 saturated carbocycles. The van der Waals surface area contributed by atoms with Crippen LogP contribution in [0.25, 0.3) is 0 Å². The van der Waals surface area contributed by atoms with Gasteiger partial charge in [0.05, 0.1) is 0 Å². The molecule has 0 saturated heterocycles. The van der Waals surface area contributed by atoms with Crippen molar-refractivity contribution < 1.29 is 9.53 Å². The fraction of sp³-hybridized carbons (Fsp3) is 0.762. The quantitative estimate of drug-likeness (QED) is 0.547. The number of esters is 1. The summed E-state index contributed by atoms with van der Waals surface area (Å²) in [5, 5.41) is 0. The van der Waals surface area contributed by atoms with Crippen LogP contribution in [0.5, 0.6) is 0 Å². The van der Waals surface area contributed by atoms with Gasteiger partial charge >= 0.3 is 5.97 Å². The minimum atomic E-state index is -0.228. The predicted molar refractivity (Wildman–Crippen MR) is 91.7 cm³/mol. The number of fused-ring (bicyclic) bond motifs is 4. The van der Waals surface area contributed by atoms with Gasteiger partial charge in [-0.1, -0.05) is 39.0 Å². The van der Waals surface area contributed by atoms with Gasteiger partial charge in [-0.2, -0.15) is 0 Å². The van der Waals surface area contributed by atoms with Crippen molar-refractivity contribution >= 4 is 5.97 Å². The maximum absolute atomic E-state index is 12.9. The summed E-state index contributed by atoms with van der Waals surface area (Å²) in [7, 11) is 0. The smallest absolute Gasteiger partial charge is 0.334 e. The van der Waals surface area contributed by atoms with Crippen LogP contribution in [0.15, 0.2) is 23.8 Å². The normalized spacial score (nSPS) is 47.5. The van der Waals surface area contributed by atoms with Gasteiger partial charge in [-0.3, -0.25) is 0 Å². The van der Waals surface area contributed by atoms with E-state index in [0.29, 0.717) is 23.7 Å². The predicted octanol–water partition coefficient (Wildman–Crippen LogP) is 4.90. The molecular formula is C21H30O2. The molecule has 4 bridgehead atoms. The topological polar surface area (TPSA) is 26.3 Å². The van der Waals surface area contributed by atoms with Crippen LogP contribution < -0.4 is 0 Å². The standard InChI is InChI=1S/C21H30O2/c1-4-21(14(3)9-16-7-13(2)8-18(21)11-16)23-20(22)19-12-15-5-6-17(19)10-15/h5-6,12-18H,4,7-11H2,1-3H3. The molecule has 4 aliphatic rings. The molecule has 23 heavy (non-hydrogen) atoms. The average molecular weight is 314 g/mol. The lowest BCUT2D eigenvalue weighted by molar-refractivity contribution is -0.186. The zero-order valence-corrected chi connectivity index (χ0v) is 14.8. The van der Waals surface area contributed by atoms with Crippen molar-refractivity contribution in [2.45, 2.75) is 64.9 Å². The lowest BCUT2D eigenvalue weighted by atomic mass is 9.57. The second kappa shape index (κ2) is 5.50. The van der Waals surface area contributed by atoms with Gasteiger partial charge < -0.3 is 4.74 Å². The van der Waals surface area contributed by atoms with Crippen molar-refractivity contribution in [2.24, 2.45) is 35.5 Å². The van der Waals surface area contributed by atoms with E-state index in [9.17, 15) is 4.79 Å². The summed E-state index contributed by atoms with van der Waals surface area (Å²) >= 11 is 0. The van der Waals surface area contributed by atoms with Gasteiger partial charge in [0.25, 0.3) is 0 Å². The third-order valence-electron chi connectivity index (χ3n) is 7.23. The first-order chi connectivity index (χ1) is 11.0. The molecular weight excluding hydrogens is 284 g/mol. The van der Waals surface area contributed by atoms with Crippen molar-refractivity contribution in [2.75, 3.05) is 0 Å². The van der Waals surface area contributed by atoms with Crippen LogP contribution in [-0.4, -0.2) is 11.6 Å². The molecule has 0 spiro atoms. The molecule has 0 aromatic heterocycles. The number of rotatable bonds is 3. The minimum Gasteiger partial charge on any atom is -0.455 e. The Hall–Kier alpha value is -1.05. The Morgan fingerprint density at radius 3 is 2.65 bits per heavy atom. The molecule has 0 aliphatic heterocycles. The number of hydrogen-bond donors (Lipinski definition) is 0. The molecule has 4 aliphatic carbocycles. The van der Waals surface area contributed by atoms with E-state index in [2.05, 4.69) is 39.0 Å². The summed E-state index contributed by atoms with van der Waals surface area (Å²) < 4.78 is 6.37. The van der Waals surface area contributed by atoms with Crippen LogP contribution in [0.3, 0.4) is 0 Å². The largest absolute Gasteiger partial charge is 0.455 e. The SMILES string of the molecule is CCC1(OC(=O)C2=CC3C=CC2C3)C(C)CC2CC(C)CC1C2. The minimum absolute atomic E-state index is 0.0211. The molecule has 7 atom stereocenters. The zero-order chi connectivity index (χ0) is 16.2. The molecule has 0 heterocycles. The number of carbonyl (C=O) groups is 1. The van der Waals surface area contributed by atoms with Crippen molar-refractivity contribution in [3.05, 3.63) is 23.8 Å². The second-order valence-corrected chi connectivity index (χ2v) is 8.72. The maximum atomic E-state index is 12.9. The molecule has 2 heteroatoms. The first kappa shape index (κ1) is 15.5. The van der Waals surface area contributed by atoms with E-state index in [1.165, 1.54) is 25.7 Å². The third kappa shape index (κ3) is 2.40. The molecule has 0 N–H and O–H groups in total. The lowest BCUT2D eigenvalue weighted by Gasteiger charge is -2.53. The van der Waals surface area contributed by atoms with Crippen molar-refractivity contribution in [3.63, 3.8) is 0 Å². The van der Waals surface area contributed by atoms with E-state index in [-0.39, 0.29) is 11.6 Å². The number of ether oxygens (including phenoxy) is 1. The fourth-order valence-electron chi connectivity index (χ4n) is 6.22. The summed E-state index contributed by atoms with van der Waals surface area (Å²) in [5.41, 5.74) is 0.706. The molecule has 126 valence electrons. The van der Waals surface area contributed by atoms with Crippen molar-refractivity contribution in [1.82, 2.24) is 0 Å². The molecule has 0 radical (unpaired) electrons. The van der Waals surface area contributed by atoms with Crippen LogP contribution in [0, 0.1) is 35.5 Å². The molecule has 2 fully saturated rings. The highest BCUT2D eigenvalue weighted by molar-refractivity contribution is 5.91. The van der Waals surface area contributed by atoms with E-state index < -0.39 is 0 Å². The van der Waals surface area contributed by atoms with Gasteiger partial charge in [-0.05, 0) is 68.1 Å². The van der Waals surface area contributed by atoms with Crippen LogP contribution in [0.1, 0.15) is 59.3 Å². The second-order valence-electron chi connectivity index (χ2n) is 8.72. The van der Waals surface area contributed by atoms with E-state index in [1.807, 2.05) is 0 Å². The zero-order valence-electron chi connectivity index (χ0n) is 14.8. The van der Waals surface area contributed by atoms with Gasteiger partial charge in [-0.15, -0.1) is 0 Å². The van der Waals surface area contributed by atoms with E-state index >= 15 is 0 Å². The van der Waals surface area contributed by atoms with Crippen LogP contribution in [0.4, 0.5) is 0 Å². The molecule has 0 amide bonds. The highest BCUT2D eigenvalue weighted by Crippen LogP contribution is 2.53. The number of hydrogen-bond acceptors (Lipinski definition) is 2. The summed E-state index contributed by atoms with van der Waals surface area (Å²) in [6.07, 6.45) is 13.7. The van der Waals surface area contributed by atoms with Crippen LogP contribution in [0.2, 0.25) is 0 Å². The highest BCUT2D eigenvalue weighted by Gasteiger charge is 2.53. The summed E-state index contributed by atoms with van der Waals surface area (Å²) in [6, 6.07) is 0. The Morgan fingerprint density at radius 2 is 2.00 bits per heavy atom. The van der Waals surface area contributed by atoms with Crippen molar-refractivity contribution in [1.29, 1.82) is 0 Å². The molecule has 2 nitrogen and oxygen atoms in total. The molecule has 7 unspecified atom stereocenters. The third-order valence-corrected chi connectivity index (χ3v) is 7.23. The molecule has 0 aromatic rings. The van der Waals surface area contributed by atoms with Gasteiger partial charge in [0.1, 0.15) is 5.60 Å². The number of allylic oxidation sites excluding steroid dienone is 3. The monoisotopic (exact) mass is 314 g/mol. The number of carbonyl (C=O) groups excluding carboxylic acids is 1. The maximum Gasteiger partial charge on any atom is 0.334 e. The Kier molecular flexibility index (Phi) is 3.70. The van der Waals surface area contributed by atoms with Crippen LogP contribution in [-0.2, 0) is 9.53 Å². The van der Waals surface area contributed by atoms with Crippen LogP contribution >= 0.6 is 0 Å².